The van der Waals surface area contributed by atoms with E-state index in [9.17, 15) is 4.79 Å². The summed E-state index contributed by atoms with van der Waals surface area (Å²) in [5, 5.41) is 12.4. The van der Waals surface area contributed by atoms with Gasteiger partial charge in [0.15, 0.2) is 11.0 Å². The predicted octanol–water partition coefficient (Wildman–Crippen LogP) is 3.03. The van der Waals surface area contributed by atoms with E-state index in [0.717, 1.165) is 42.1 Å². The van der Waals surface area contributed by atoms with Crippen LogP contribution in [0.1, 0.15) is 18.4 Å². The molecule has 0 aliphatic carbocycles. The Kier molecular flexibility index (Phi) is 6.21. The van der Waals surface area contributed by atoms with Gasteiger partial charge in [0.25, 0.3) is 0 Å². The number of aryl methyl sites for hydroxylation is 1. The summed E-state index contributed by atoms with van der Waals surface area (Å²) >= 11 is 1.37. The van der Waals surface area contributed by atoms with Crippen LogP contribution in [0.3, 0.4) is 0 Å². The second-order valence-electron chi connectivity index (χ2n) is 6.94. The molecule has 1 saturated heterocycles. The van der Waals surface area contributed by atoms with Crippen LogP contribution in [0, 0.1) is 6.92 Å². The van der Waals surface area contributed by atoms with Gasteiger partial charge in [-0.05, 0) is 49.6 Å². The molecule has 1 aliphatic rings. The largest absolute Gasteiger partial charge is 0.376 e. The standard InChI is InChI=1S/C21H23N5O2S/c1-15-4-2-5-17(12-15)26-20(16-7-9-22-10-8-16)24-25-21(26)29-14-19(27)23-13-18-6-3-11-28-18/h2,4-5,7-10,12,18H,3,6,11,13-14H2,1H3,(H,23,27)/t18-/m0/s1. The molecule has 7 nitrogen and oxygen atoms in total. The molecule has 1 atom stereocenters. The fraction of sp³-hybridized carbons (Fsp3) is 0.333. The Balaban J connectivity index is 1.53. The zero-order valence-electron chi connectivity index (χ0n) is 16.2. The van der Waals surface area contributed by atoms with Crippen LogP contribution in [-0.4, -0.2) is 50.7 Å². The molecule has 29 heavy (non-hydrogen) atoms. The summed E-state index contributed by atoms with van der Waals surface area (Å²) in [7, 11) is 0. The summed E-state index contributed by atoms with van der Waals surface area (Å²) in [6.07, 6.45) is 5.67. The van der Waals surface area contributed by atoms with Gasteiger partial charge in [0.2, 0.25) is 5.91 Å². The van der Waals surface area contributed by atoms with Gasteiger partial charge in [0, 0.05) is 36.8 Å². The van der Waals surface area contributed by atoms with E-state index in [2.05, 4.69) is 26.6 Å². The van der Waals surface area contributed by atoms with Crippen molar-refractivity contribution >= 4 is 17.7 Å². The lowest BCUT2D eigenvalue weighted by Crippen LogP contribution is -2.32. The van der Waals surface area contributed by atoms with Crippen LogP contribution in [-0.2, 0) is 9.53 Å². The quantitative estimate of drug-likeness (QED) is 0.604. The molecule has 0 saturated carbocycles. The van der Waals surface area contributed by atoms with E-state index in [4.69, 9.17) is 4.74 Å². The molecule has 1 fully saturated rings. The van der Waals surface area contributed by atoms with E-state index < -0.39 is 0 Å². The summed E-state index contributed by atoms with van der Waals surface area (Å²) in [5.41, 5.74) is 3.02. The van der Waals surface area contributed by atoms with Gasteiger partial charge in [0.05, 0.1) is 11.9 Å². The number of carbonyl (C=O) groups excluding carboxylic acids is 1. The van der Waals surface area contributed by atoms with E-state index in [0.29, 0.717) is 11.7 Å². The van der Waals surface area contributed by atoms with Crippen molar-refractivity contribution in [1.29, 1.82) is 0 Å². The topological polar surface area (TPSA) is 81.9 Å². The molecule has 1 aromatic carbocycles. The molecule has 0 radical (unpaired) electrons. The minimum Gasteiger partial charge on any atom is -0.376 e. The molecule has 1 aliphatic heterocycles. The van der Waals surface area contributed by atoms with Crippen molar-refractivity contribution in [2.75, 3.05) is 18.9 Å². The van der Waals surface area contributed by atoms with Crippen molar-refractivity contribution in [2.45, 2.75) is 31.0 Å². The Bertz CT molecular complexity index is 970. The number of nitrogens with zero attached hydrogens (tertiary/aromatic N) is 4. The molecule has 150 valence electrons. The van der Waals surface area contributed by atoms with Gasteiger partial charge in [-0.15, -0.1) is 10.2 Å². The van der Waals surface area contributed by atoms with Gasteiger partial charge < -0.3 is 10.1 Å². The number of hydrogen-bond acceptors (Lipinski definition) is 6. The maximum atomic E-state index is 12.3. The van der Waals surface area contributed by atoms with Gasteiger partial charge in [-0.2, -0.15) is 0 Å². The zero-order valence-corrected chi connectivity index (χ0v) is 17.1. The number of rotatable bonds is 7. The first kappa shape index (κ1) is 19.6. The highest BCUT2D eigenvalue weighted by molar-refractivity contribution is 7.99. The van der Waals surface area contributed by atoms with Crippen LogP contribution in [0.5, 0.6) is 0 Å². The molecular formula is C21H23N5O2S. The van der Waals surface area contributed by atoms with Gasteiger partial charge in [-0.25, -0.2) is 0 Å². The SMILES string of the molecule is Cc1cccc(-n2c(SCC(=O)NC[C@@H]3CCCO3)nnc2-c2ccncc2)c1. The number of nitrogens with one attached hydrogen (secondary N) is 1. The van der Waals surface area contributed by atoms with Gasteiger partial charge in [-0.3, -0.25) is 14.3 Å². The highest BCUT2D eigenvalue weighted by Gasteiger charge is 2.19. The average molecular weight is 410 g/mol. The number of hydrogen-bond donors (Lipinski definition) is 1. The van der Waals surface area contributed by atoms with Gasteiger partial charge >= 0.3 is 0 Å². The third-order valence-corrected chi connectivity index (χ3v) is 5.64. The summed E-state index contributed by atoms with van der Waals surface area (Å²) in [6.45, 7) is 3.39. The number of carbonyl (C=O) groups is 1. The third-order valence-electron chi connectivity index (χ3n) is 4.71. The molecule has 2 aromatic heterocycles. The monoisotopic (exact) mass is 409 g/mol. The molecule has 3 aromatic rings. The molecule has 1 amide bonds. The van der Waals surface area contributed by atoms with Crippen molar-refractivity contribution in [2.24, 2.45) is 0 Å². The first-order chi connectivity index (χ1) is 14.2. The van der Waals surface area contributed by atoms with E-state index in [-0.39, 0.29) is 17.8 Å². The summed E-state index contributed by atoms with van der Waals surface area (Å²) < 4.78 is 7.54. The van der Waals surface area contributed by atoms with Crippen LogP contribution >= 0.6 is 11.8 Å². The van der Waals surface area contributed by atoms with Crippen LogP contribution in [0.15, 0.2) is 53.9 Å². The fourth-order valence-corrected chi connectivity index (χ4v) is 4.05. The maximum absolute atomic E-state index is 12.3. The summed E-state index contributed by atoms with van der Waals surface area (Å²) in [6, 6.07) is 11.9. The van der Waals surface area contributed by atoms with Crippen molar-refractivity contribution in [3.8, 4) is 17.1 Å². The first-order valence-corrected chi connectivity index (χ1v) is 10.6. The van der Waals surface area contributed by atoms with Gasteiger partial charge in [0.1, 0.15) is 0 Å². The number of pyridine rings is 1. The lowest BCUT2D eigenvalue weighted by Gasteiger charge is -2.12. The van der Waals surface area contributed by atoms with E-state index >= 15 is 0 Å². The Morgan fingerprint density at radius 3 is 2.90 bits per heavy atom. The Morgan fingerprint density at radius 2 is 2.14 bits per heavy atom. The van der Waals surface area contributed by atoms with Gasteiger partial charge in [-0.1, -0.05) is 23.9 Å². The average Bonchev–Trinajstić information content (AvgIpc) is 3.41. The zero-order chi connectivity index (χ0) is 20.1. The van der Waals surface area contributed by atoms with Crippen LogP contribution in [0.4, 0.5) is 0 Å². The van der Waals surface area contributed by atoms with Crippen molar-refractivity contribution in [3.63, 3.8) is 0 Å². The van der Waals surface area contributed by atoms with E-state index in [1.54, 1.807) is 12.4 Å². The Labute approximate surface area is 173 Å². The molecular weight excluding hydrogens is 386 g/mol. The van der Waals surface area contributed by atoms with Crippen LogP contribution in [0.2, 0.25) is 0 Å². The first-order valence-electron chi connectivity index (χ1n) is 9.64. The number of amides is 1. The molecule has 4 rings (SSSR count). The third kappa shape index (κ3) is 4.83. The smallest absolute Gasteiger partial charge is 0.230 e. The van der Waals surface area contributed by atoms with E-state index in [1.165, 1.54) is 11.8 Å². The number of thioether (sulfide) groups is 1. The summed E-state index contributed by atoms with van der Waals surface area (Å²) in [4.78, 5) is 16.4. The summed E-state index contributed by atoms with van der Waals surface area (Å²) in [5.74, 6) is 0.961. The lowest BCUT2D eigenvalue weighted by molar-refractivity contribution is -0.119. The fourth-order valence-electron chi connectivity index (χ4n) is 3.27. The maximum Gasteiger partial charge on any atom is 0.230 e. The number of ether oxygens (including phenoxy) is 1. The normalized spacial score (nSPS) is 16.1. The van der Waals surface area contributed by atoms with E-state index in [1.807, 2.05) is 41.8 Å². The lowest BCUT2D eigenvalue weighted by atomic mass is 10.2. The Hall–Kier alpha value is -2.71. The van der Waals surface area contributed by atoms with Crippen LogP contribution < -0.4 is 5.32 Å². The molecule has 0 bridgehead atoms. The second kappa shape index (κ2) is 9.19. The second-order valence-corrected chi connectivity index (χ2v) is 7.89. The van der Waals surface area contributed by atoms with Crippen molar-refractivity contribution < 1.29 is 9.53 Å². The predicted molar refractivity (Wildman–Crippen MR) is 112 cm³/mol. The Morgan fingerprint density at radius 1 is 1.28 bits per heavy atom. The van der Waals surface area contributed by atoms with Crippen molar-refractivity contribution in [3.05, 3.63) is 54.4 Å². The molecule has 1 N–H and O–H groups in total. The molecule has 0 unspecified atom stereocenters. The van der Waals surface area contributed by atoms with Crippen LogP contribution in [0.25, 0.3) is 17.1 Å². The molecule has 8 heteroatoms. The van der Waals surface area contributed by atoms with Crippen molar-refractivity contribution in [1.82, 2.24) is 25.1 Å². The molecule has 0 spiro atoms. The highest BCUT2D eigenvalue weighted by Crippen LogP contribution is 2.28. The minimum atomic E-state index is -0.0326. The highest BCUT2D eigenvalue weighted by atomic mass is 32.2. The minimum absolute atomic E-state index is 0.0326. The molecule has 3 heterocycles. The number of benzene rings is 1. The number of aromatic nitrogens is 4.